The van der Waals surface area contributed by atoms with E-state index < -0.39 is 5.91 Å². The van der Waals surface area contributed by atoms with Crippen LogP contribution in [0.15, 0.2) is 70.0 Å². The Labute approximate surface area is 211 Å². The highest BCUT2D eigenvalue weighted by atomic mass is 16.6. The number of fused-ring (bicyclic) bond motifs is 3. The number of oxime groups is 1. The molecular formula is C28H33N5O3. The molecule has 2 aliphatic rings. The van der Waals surface area contributed by atoms with Crippen molar-refractivity contribution < 1.29 is 14.7 Å². The van der Waals surface area contributed by atoms with Crippen molar-refractivity contribution in [1.29, 1.82) is 0 Å². The average Bonchev–Trinajstić information content (AvgIpc) is 3.24. The zero-order valence-corrected chi connectivity index (χ0v) is 21.1. The quantitative estimate of drug-likeness (QED) is 0.256. The number of benzene rings is 2. The first kappa shape index (κ1) is 24.2. The van der Waals surface area contributed by atoms with Crippen LogP contribution in [0.1, 0.15) is 45.6 Å². The molecule has 1 aromatic heterocycles. The van der Waals surface area contributed by atoms with Crippen LogP contribution < -0.4 is 0 Å². The normalized spacial score (nSPS) is 23.7. The number of amides is 1. The van der Waals surface area contributed by atoms with Gasteiger partial charge in [-0.05, 0) is 41.7 Å². The lowest BCUT2D eigenvalue weighted by Gasteiger charge is -2.40. The molecule has 1 saturated heterocycles. The molecule has 1 saturated carbocycles. The topological polar surface area (TPSA) is 91.8 Å². The largest absolute Gasteiger partial charge is 0.493 e. The minimum Gasteiger partial charge on any atom is -0.493 e. The fourth-order valence-electron chi connectivity index (χ4n) is 6.30. The number of aromatic nitrogens is 1. The molecule has 0 radical (unpaired) electrons. The molecule has 1 aliphatic heterocycles. The number of hydrogen-bond acceptors (Lipinski definition) is 6. The third-order valence-electron chi connectivity index (χ3n) is 7.29. The van der Waals surface area contributed by atoms with Crippen LogP contribution >= 0.6 is 0 Å². The van der Waals surface area contributed by atoms with Crippen molar-refractivity contribution in [3.63, 3.8) is 0 Å². The minimum atomic E-state index is -0.583. The first-order chi connectivity index (χ1) is 17.2. The molecule has 1 amide bonds. The molecule has 2 unspecified atom stereocenters. The summed E-state index contributed by atoms with van der Waals surface area (Å²) in [5.74, 6) is -0.568. The maximum Gasteiger partial charge on any atom is 0.304 e. The molecular weight excluding hydrogens is 454 g/mol. The van der Waals surface area contributed by atoms with Gasteiger partial charge in [-0.25, -0.2) is 0 Å². The van der Waals surface area contributed by atoms with E-state index in [-0.39, 0.29) is 12.5 Å². The van der Waals surface area contributed by atoms with E-state index in [0.717, 1.165) is 29.4 Å². The molecule has 2 heterocycles. The number of likely N-dealkylation sites (tertiary alicyclic amines) is 1. The number of carbonyl (C=O) groups excluding carboxylic acids is 1. The lowest BCUT2D eigenvalue weighted by Crippen LogP contribution is -2.35. The molecule has 1 aliphatic carbocycles. The second-order valence-corrected chi connectivity index (χ2v) is 11.2. The highest BCUT2D eigenvalue weighted by Gasteiger charge is 2.49. The van der Waals surface area contributed by atoms with Crippen LogP contribution in [0.25, 0.3) is 10.9 Å². The van der Waals surface area contributed by atoms with E-state index in [4.69, 9.17) is 4.84 Å². The summed E-state index contributed by atoms with van der Waals surface area (Å²) >= 11 is 0. The van der Waals surface area contributed by atoms with Crippen LogP contribution in [-0.4, -0.2) is 45.9 Å². The first-order valence-corrected chi connectivity index (χ1v) is 12.4. The van der Waals surface area contributed by atoms with Crippen molar-refractivity contribution in [3.8, 4) is 5.88 Å². The first-order valence-electron chi connectivity index (χ1n) is 12.4. The SMILES string of the molecule is CC1(C)CC2CC(C)(CN2Cn2c(O)c(N=NC(=O)CO/N=C/c3ccccc3)c3ccccc32)C1. The summed E-state index contributed by atoms with van der Waals surface area (Å²) in [6, 6.07) is 17.6. The fraction of sp³-hybridized carbons (Fsp3) is 0.429. The molecule has 8 heteroatoms. The molecule has 1 N–H and O–H groups in total. The molecule has 36 heavy (non-hydrogen) atoms. The van der Waals surface area contributed by atoms with E-state index in [1.54, 1.807) is 0 Å². The summed E-state index contributed by atoms with van der Waals surface area (Å²) in [5.41, 5.74) is 2.64. The predicted molar refractivity (Wildman–Crippen MR) is 139 cm³/mol. The summed E-state index contributed by atoms with van der Waals surface area (Å²) in [4.78, 5) is 19.8. The second-order valence-electron chi connectivity index (χ2n) is 11.2. The molecule has 2 atom stereocenters. The lowest BCUT2D eigenvalue weighted by molar-refractivity contribution is -0.122. The Kier molecular flexibility index (Phi) is 6.38. The number of azo groups is 1. The van der Waals surface area contributed by atoms with Gasteiger partial charge >= 0.3 is 5.91 Å². The maximum atomic E-state index is 12.2. The van der Waals surface area contributed by atoms with Crippen molar-refractivity contribution in [2.24, 2.45) is 26.2 Å². The zero-order valence-electron chi connectivity index (χ0n) is 21.1. The van der Waals surface area contributed by atoms with Gasteiger partial charge < -0.3 is 9.94 Å². The van der Waals surface area contributed by atoms with Crippen LogP contribution in [0.5, 0.6) is 5.88 Å². The summed E-state index contributed by atoms with van der Waals surface area (Å²) < 4.78 is 1.88. The minimum absolute atomic E-state index is 0.0154. The van der Waals surface area contributed by atoms with Crippen molar-refractivity contribution >= 4 is 28.7 Å². The number of hydrogen-bond donors (Lipinski definition) is 1. The van der Waals surface area contributed by atoms with Crippen LogP contribution in [-0.2, 0) is 16.3 Å². The van der Waals surface area contributed by atoms with E-state index in [1.165, 1.54) is 19.1 Å². The molecule has 2 bridgehead atoms. The Balaban J connectivity index is 1.31. The highest BCUT2D eigenvalue weighted by Crippen LogP contribution is 2.53. The molecule has 5 rings (SSSR count). The molecule has 8 nitrogen and oxygen atoms in total. The smallest absolute Gasteiger partial charge is 0.304 e. The predicted octanol–water partition coefficient (Wildman–Crippen LogP) is 5.87. The summed E-state index contributed by atoms with van der Waals surface area (Å²) in [7, 11) is 0. The maximum absolute atomic E-state index is 12.2. The lowest BCUT2D eigenvalue weighted by atomic mass is 9.65. The van der Waals surface area contributed by atoms with Crippen molar-refractivity contribution in [2.45, 2.75) is 52.7 Å². The van der Waals surface area contributed by atoms with Gasteiger partial charge in [0.15, 0.2) is 12.3 Å². The van der Waals surface area contributed by atoms with Crippen LogP contribution in [0.4, 0.5) is 5.69 Å². The Hall–Kier alpha value is -3.52. The number of aromatic hydroxyl groups is 1. The van der Waals surface area contributed by atoms with E-state index >= 15 is 0 Å². The summed E-state index contributed by atoms with van der Waals surface area (Å²) in [6.07, 6.45) is 5.07. The number of para-hydroxylation sites is 1. The Morgan fingerprint density at radius 1 is 1.11 bits per heavy atom. The molecule has 2 fully saturated rings. The van der Waals surface area contributed by atoms with Gasteiger partial charge in [-0.15, -0.1) is 10.2 Å². The summed E-state index contributed by atoms with van der Waals surface area (Å²) in [5, 5.41) is 23.6. The Morgan fingerprint density at radius 2 is 1.86 bits per heavy atom. The standard InChI is InChI=1S/C28H33N5O3/c1-27(2)13-21-14-28(3,17-27)18-32(21)19-33-23-12-8-7-11-22(23)25(26(33)35)31-30-24(34)16-36-29-15-20-9-5-4-6-10-20/h4-12,15,21,35H,13-14,16-19H2,1-3H3/b29-15+,31-30?. The van der Waals surface area contributed by atoms with Gasteiger partial charge in [0, 0.05) is 18.0 Å². The molecule has 3 aromatic rings. The van der Waals surface area contributed by atoms with Crippen LogP contribution in [0, 0.1) is 10.8 Å². The number of rotatable bonds is 7. The van der Waals surface area contributed by atoms with Gasteiger partial charge in [0.25, 0.3) is 0 Å². The van der Waals surface area contributed by atoms with E-state index in [2.05, 4.69) is 41.1 Å². The van der Waals surface area contributed by atoms with Gasteiger partial charge in [0.05, 0.1) is 18.4 Å². The molecule has 188 valence electrons. The van der Waals surface area contributed by atoms with E-state index in [1.807, 2.05) is 59.2 Å². The third-order valence-corrected chi connectivity index (χ3v) is 7.29. The Bertz CT molecular complexity index is 1310. The zero-order chi connectivity index (χ0) is 25.3. The van der Waals surface area contributed by atoms with Gasteiger partial charge in [-0.2, -0.15) is 0 Å². The van der Waals surface area contributed by atoms with Crippen molar-refractivity contribution in [1.82, 2.24) is 9.47 Å². The monoisotopic (exact) mass is 487 g/mol. The van der Waals surface area contributed by atoms with Crippen LogP contribution in [0.2, 0.25) is 0 Å². The van der Waals surface area contributed by atoms with Gasteiger partial charge in [0.2, 0.25) is 5.88 Å². The summed E-state index contributed by atoms with van der Waals surface area (Å²) in [6.45, 7) is 8.33. The fourth-order valence-corrected chi connectivity index (χ4v) is 6.30. The second kappa shape index (κ2) is 9.50. The third kappa shape index (κ3) is 5.04. The highest BCUT2D eigenvalue weighted by molar-refractivity contribution is 5.95. The van der Waals surface area contributed by atoms with Gasteiger partial charge in [0.1, 0.15) is 0 Å². The Morgan fingerprint density at radius 3 is 2.67 bits per heavy atom. The van der Waals surface area contributed by atoms with E-state index in [0.29, 0.717) is 29.2 Å². The number of nitrogens with zero attached hydrogens (tertiary/aromatic N) is 5. The van der Waals surface area contributed by atoms with Crippen LogP contribution in [0.3, 0.4) is 0 Å². The molecule has 0 spiro atoms. The van der Waals surface area contributed by atoms with Crippen molar-refractivity contribution in [3.05, 3.63) is 60.2 Å². The van der Waals surface area contributed by atoms with Gasteiger partial charge in [-0.3, -0.25) is 14.3 Å². The van der Waals surface area contributed by atoms with E-state index in [9.17, 15) is 9.90 Å². The van der Waals surface area contributed by atoms with Crippen molar-refractivity contribution in [2.75, 3.05) is 13.2 Å². The average molecular weight is 488 g/mol. The van der Waals surface area contributed by atoms with Gasteiger partial charge in [-0.1, -0.05) is 74.5 Å². The molecule has 2 aromatic carbocycles. The number of carbonyl (C=O) groups is 1.